The van der Waals surface area contributed by atoms with E-state index in [9.17, 15) is 14.0 Å². The number of para-hydroxylation sites is 2. The molecule has 0 saturated carbocycles. The number of halogens is 1. The van der Waals surface area contributed by atoms with Gasteiger partial charge in [0.05, 0.1) is 11.3 Å². The van der Waals surface area contributed by atoms with E-state index < -0.39 is 17.8 Å². The van der Waals surface area contributed by atoms with Gasteiger partial charge in [0.15, 0.2) is 17.7 Å². The lowest BCUT2D eigenvalue weighted by Crippen LogP contribution is -2.35. The van der Waals surface area contributed by atoms with Crippen LogP contribution in [-0.4, -0.2) is 24.0 Å². The van der Waals surface area contributed by atoms with E-state index in [1.54, 1.807) is 43.3 Å². The van der Waals surface area contributed by atoms with Crippen LogP contribution < -0.4 is 15.4 Å². The second kappa shape index (κ2) is 9.71. The van der Waals surface area contributed by atoms with E-state index in [1.807, 2.05) is 13.8 Å². The molecule has 0 heterocycles. The second-order valence-electron chi connectivity index (χ2n) is 6.26. The minimum absolute atomic E-state index is 0.0160. The first kappa shape index (κ1) is 20.4. The first-order valence-corrected chi connectivity index (χ1v) is 9.08. The van der Waals surface area contributed by atoms with Crippen molar-refractivity contribution in [3.05, 3.63) is 59.9 Å². The summed E-state index contributed by atoms with van der Waals surface area (Å²) in [6.07, 6.45) is 0.267. The summed E-state index contributed by atoms with van der Waals surface area (Å²) in [6.45, 7) is 5.66. The molecule has 2 aromatic carbocycles. The van der Waals surface area contributed by atoms with Crippen LogP contribution in [0.5, 0.6) is 5.75 Å². The van der Waals surface area contributed by atoms with Gasteiger partial charge >= 0.3 is 0 Å². The zero-order valence-electron chi connectivity index (χ0n) is 15.8. The Hall–Kier alpha value is -2.89. The lowest BCUT2D eigenvalue weighted by atomic mass is 10.1. The van der Waals surface area contributed by atoms with E-state index >= 15 is 0 Å². The van der Waals surface area contributed by atoms with Crippen LogP contribution in [0.4, 0.5) is 10.1 Å². The van der Waals surface area contributed by atoms with Crippen LogP contribution in [0.25, 0.3) is 0 Å². The molecular weight excluding hydrogens is 347 g/mol. The van der Waals surface area contributed by atoms with Crippen LogP contribution in [0, 0.1) is 5.82 Å². The highest BCUT2D eigenvalue weighted by atomic mass is 19.1. The topological polar surface area (TPSA) is 67.4 Å². The van der Waals surface area contributed by atoms with Gasteiger partial charge in [-0.3, -0.25) is 9.59 Å². The highest BCUT2D eigenvalue weighted by molar-refractivity contribution is 6.04. The number of carbonyl (C=O) groups is 2. The SMILES string of the molecule is CC[C@H](Oc1ccccc1F)C(=O)Nc1ccccc1C(=O)N[C@@H](C)CC. The summed E-state index contributed by atoms with van der Waals surface area (Å²) in [5.41, 5.74) is 0.755. The number of hydrogen-bond acceptors (Lipinski definition) is 3. The van der Waals surface area contributed by atoms with Crippen molar-refractivity contribution in [2.45, 2.75) is 45.8 Å². The molecule has 0 unspecified atom stereocenters. The zero-order valence-corrected chi connectivity index (χ0v) is 15.8. The standard InChI is InChI=1S/C21H25FN2O3/c1-4-14(3)23-20(25)15-10-6-8-12-17(15)24-21(26)18(5-2)27-19-13-9-7-11-16(19)22/h6-14,18H,4-5H2,1-3H3,(H,23,25)(H,24,26)/t14-,18-/m0/s1. The van der Waals surface area contributed by atoms with E-state index in [4.69, 9.17) is 4.74 Å². The van der Waals surface area contributed by atoms with Crippen LogP contribution >= 0.6 is 0 Å². The normalized spacial score (nSPS) is 12.7. The van der Waals surface area contributed by atoms with E-state index in [0.717, 1.165) is 6.42 Å². The minimum atomic E-state index is -0.882. The molecule has 0 radical (unpaired) electrons. The van der Waals surface area contributed by atoms with E-state index in [-0.39, 0.29) is 17.7 Å². The third-order valence-corrected chi connectivity index (χ3v) is 4.19. The maximum atomic E-state index is 13.8. The Bertz CT molecular complexity index is 795. The number of nitrogens with one attached hydrogen (secondary N) is 2. The van der Waals surface area contributed by atoms with Crippen LogP contribution in [0.1, 0.15) is 44.0 Å². The molecule has 0 fully saturated rings. The molecule has 2 amide bonds. The molecular formula is C21H25FN2O3. The van der Waals surface area contributed by atoms with Crippen molar-refractivity contribution >= 4 is 17.5 Å². The molecule has 0 aliphatic rings. The lowest BCUT2D eigenvalue weighted by molar-refractivity contribution is -0.122. The molecule has 0 saturated heterocycles. The predicted molar refractivity (Wildman–Crippen MR) is 103 cm³/mol. The van der Waals surface area contributed by atoms with Crippen LogP contribution in [0.2, 0.25) is 0 Å². The lowest BCUT2D eigenvalue weighted by Gasteiger charge is -2.19. The molecule has 2 rings (SSSR count). The molecule has 2 aromatic rings. The molecule has 0 aromatic heterocycles. The first-order chi connectivity index (χ1) is 13.0. The van der Waals surface area contributed by atoms with Gasteiger partial charge in [0, 0.05) is 6.04 Å². The Kier molecular flexibility index (Phi) is 7.34. The smallest absolute Gasteiger partial charge is 0.265 e. The Balaban J connectivity index is 2.14. The van der Waals surface area contributed by atoms with Gasteiger partial charge in [0.25, 0.3) is 11.8 Å². The molecule has 27 heavy (non-hydrogen) atoms. The fraction of sp³-hybridized carbons (Fsp3) is 0.333. The van der Waals surface area contributed by atoms with E-state index in [0.29, 0.717) is 17.7 Å². The Morgan fingerprint density at radius 1 is 1.04 bits per heavy atom. The summed E-state index contributed by atoms with van der Waals surface area (Å²) in [5, 5.41) is 5.61. The fourth-order valence-corrected chi connectivity index (χ4v) is 2.42. The third-order valence-electron chi connectivity index (χ3n) is 4.19. The van der Waals surface area contributed by atoms with Crippen LogP contribution in [0.15, 0.2) is 48.5 Å². The third kappa shape index (κ3) is 5.54. The highest BCUT2D eigenvalue weighted by Crippen LogP contribution is 2.20. The molecule has 0 aliphatic heterocycles. The fourth-order valence-electron chi connectivity index (χ4n) is 2.42. The maximum absolute atomic E-state index is 13.8. The van der Waals surface area contributed by atoms with Crippen molar-refractivity contribution in [1.29, 1.82) is 0 Å². The minimum Gasteiger partial charge on any atom is -0.478 e. The number of rotatable bonds is 8. The second-order valence-corrected chi connectivity index (χ2v) is 6.26. The molecule has 6 heteroatoms. The van der Waals surface area contributed by atoms with Crippen molar-refractivity contribution in [3.8, 4) is 5.75 Å². The van der Waals surface area contributed by atoms with Gasteiger partial charge in [0.2, 0.25) is 0 Å². The Morgan fingerprint density at radius 2 is 1.70 bits per heavy atom. The van der Waals surface area contributed by atoms with Crippen molar-refractivity contribution in [2.24, 2.45) is 0 Å². The molecule has 0 aliphatic carbocycles. The number of carbonyl (C=O) groups excluding carboxylic acids is 2. The van der Waals surface area contributed by atoms with Gasteiger partial charge in [-0.25, -0.2) is 4.39 Å². The van der Waals surface area contributed by atoms with E-state index in [2.05, 4.69) is 10.6 Å². The molecule has 2 N–H and O–H groups in total. The molecule has 0 bridgehead atoms. The quantitative estimate of drug-likeness (QED) is 0.731. The molecule has 5 nitrogen and oxygen atoms in total. The van der Waals surface area contributed by atoms with Crippen molar-refractivity contribution in [1.82, 2.24) is 5.32 Å². The Morgan fingerprint density at radius 3 is 2.37 bits per heavy atom. The summed E-state index contributed by atoms with van der Waals surface area (Å²) in [7, 11) is 0. The summed E-state index contributed by atoms with van der Waals surface area (Å²) >= 11 is 0. The molecule has 0 spiro atoms. The summed E-state index contributed by atoms with van der Waals surface area (Å²) in [4.78, 5) is 25.1. The highest BCUT2D eigenvalue weighted by Gasteiger charge is 2.22. The maximum Gasteiger partial charge on any atom is 0.265 e. The number of hydrogen-bond donors (Lipinski definition) is 2. The predicted octanol–water partition coefficient (Wildman–Crippen LogP) is 4.15. The van der Waals surface area contributed by atoms with Gasteiger partial charge in [-0.05, 0) is 44.0 Å². The summed E-state index contributed by atoms with van der Waals surface area (Å²) in [5.74, 6) is -1.22. The largest absolute Gasteiger partial charge is 0.478 e. The van der Waals surface area contributed by atoms with Crippen molar-refractivity contribution < 1.29 is 18.7 Å². The van der Waals surface area contributed by atoms with Crippen molar-refractivity contribution in [3.63, 3.8) is 0 Å². The van der Waals surface area contributed by atoms with Crippen LogP contribution in [0.3, 0.4) is 0 Å². The van der Waals surface area contributed by atoms with E-state index in [1.165, 1.54) is 12.1 Å². The number of amides is 2. The zero-order chi connectivity index (χ0) is 19.8. The van der Waals surface area contributed by atoms with Crippen LogP contribution in [-0.2, 0) is 4.79 Å². The summed E-state index contributed by atoms with van der Waals surface area (Å²) < 4.78 is 19.3. The van der Waals surface area contributed by atoms with Gasteiger partial charge in [-0.2, -0.15) is 0 Å². The van der Waals surface area contributed by atoms with Gasteiger partial charge < -0.3 is 15.4 Å². The number of benzene rings is 2. The average molecular weight is 372 g/mol. The first-order valence-electron chi connectivity index (χ1n) is 9.08. The van der Waals surface area contributed by atoms with Gasteiger partial charge in [-0.1, -0.05) is 38.1 Å². The molecule has 144 valence electrons. The number of anilines is 1. The average Bonchev–Trinajstić information content (AvgIpc) is 2.67. The monoisotopic (exact) mass is 372 g/mol. The van der Waals surface area contributed by atoms with Gasteiger partial charge in [0.1, 0.15) is 0 Å². The summed E-state index contributed by atoms with van der Waals surface area (Å²) in [6, 6.07) is 12.7. The van der Waals surface area contributed by atoms with Crippen molar-refractivity contribution in [2.75, 3.05) is 5.32 Å². The number of ether oxygens (including phenoxy) is 1. The molecule has 2 atom stereocenters. The van der Waals surface area contributed by atoms with Gasteiger partial charge in [-0.15, -0.1) is 0 Å². The Labute approximate surface area is 158 Å².